The van der Waals surface area contributed by atoms with Crippen molar-refractivity contribution in [2.45, 2.75) is 25.4 Å². The second-order valence-corrected chi connectivity index (χ2v) is 7.53. The van der Waals surface area contributed by atoms with Gasteiger partial charge in [-0.25, -0.2) is 9.97 Å². The van der Waals surface area contributed by atoms with E-state index in [4.69, 9.17) is 16.2 Å². The molecule has 1 aliphatic rings. The molecule has 2 aromatic heterocycles. The molecule has 0 aromatic carbocycles. The van der Waals surface area contributed by atoms with Crippen molar-refractivity contribution in [3.63, 3.8) is 0 Å². The number of methoxy groups -OCH3 is 1. The van der Waals surface area contributed by atoms with Crippen LogP contribution in [0.3, 0.4) is 0 Å². The second-order valence-electron chi connectivity index (χ2n) is 7.53. The lowest BCUT2D eigenvalue weighted by Gasteiger charge is -2.44. The van der Waals surface area contributed by atoms with E-state index in [1.54, 1.807) is 14.2 Å². The zero-order valence-corrected chi connectivity index (χ0v) is 16.2. The van der Waals surface area contributed by atoms with Crippen LogP contribution in [-0.2, 0) is 10.9 Å². The predicted octanol–water partition coefficient (Wildman–Crippen LogP) is 3.72. The van der Waals surface area contributed by atoms with Gasteiger partial charge in [-0.3, -0.25) is 0 Å². The zero-order valence-electron chi connectivity index (χ0n) is 16.2. The van der Waals surface area contributed by atoms with Gasteiger partial charge in [0.2, 0.25) is 5.95 Å². The summed E-state index contributed by atoms with van der Waals surface area (Å²) in [6.07, 6.45) is -1.14. The van der Waals surface area contributed by atoms with Gasteiger partial charge >= 0.3 is 6.18 Å². The fourth-order valence-electron chi connectivity index (χ4n) is 3.72. The molecule has 1 saturated carbocycles. The largest absolute Gasteiger partial charge is 0.417 e. The van der Waals surface area contributed by atoms with Crippen molar-refractivity contribution < 1.29 is 22.3 Å². The molecular weight excluding hydrogens is 390 g/mol. The minimum Gasteiger partial charge on any atom is -0.394 e. The monoisotopic (exact) mass is 413 g/mol. The van der Waals surface area contributed by atoms with E-state index in [0.717, 1.165) is 19.3 Å². The van der Waals surface area contributed by atoms with E-state index in [0.29, 0.717) is 31.1 Å². The van der Waals surface area contributed by atoms with E-state index in [9.17, 15) is 17.6 Å². The summed E-state index contributed by atoms with van der Waals surface area (Å²) in [6, 6.07) is 2.10. The Balaban J connectivity index is 2.00. The molecule has 1 fully saturated rings. The van der Waals surface area contributed by atoms with E-state index in [-0.39, 0.29) is 22.6 Å². The summed E-state index contributed by atoms with van der Waals surface area (Å²) < 4.78 is 58.6. The molecule has 2 heterocycles. The standard InChI is InChI=1S/C19H23F4N5O/c1-28(9-18(10-29-2)4-3-5-18)14-7-13(27-17(25)15(14)24)12-6-11(19(21,22)23)8-26-16(12)20/h6-8H,3-5,9-10,24H2,1-2H3,(H2,25,27). The molecule has 0 unspecified atom stereocenters. The van der Waals surface area contributed by atoms with Gasteiger partial charge in [-0.05, 0) is 25.0 Å². The number of hydrogen-bond acceptors (Lipinski definition) is 6. The van der Waals surface area contributed by atoms with Crippen LogP contribution in [0.2, 0.25) is 0 Å². The van der Waals surface area contributed by atoms with Gasteiger partial charge in [0.05, 0.1) is 34.8 Å². The minimum atomic E-state index is -4.66. The second kappa shape index (κ2) is 7.66. The van der Waals surface area contributed by atoms with Crippen LogP contribution in [0.4, 0.5) is 34.8 Å². The molecule has 10 heteroatoms. The van der Waals surface area contributed by atoms with Crippen molar-refractivity contribution in [2.75, 3.05) is 43.7 Å². The molecule has 0 aliphatic heterocycles. The SMILES string of the molecule is COCC1(CN(C)c2cc(-c3cc(C(F)(F)F)cnc3F)nc(N)c2N)CCC1. The maximum atomic E-state index is 14.2. The Hall–Kier alpha value is -2.62. The number of ether oxygens (including phenoxy) is 1. The van der Waals surface area contributed by atoms with E-state index in [1.165, 1.54) is 6.07 Å². The van der Waals surface area contributed by atoms with Gasteiger partial charge in [0.15, 0.2) is 0 Å². The van der Waals surface area contributed by atoms with Gasteiger partial charge in [-0.2, -0.15) is 17.6 Å². The van der Waals surface area contributed by atoms with Crippen molar-refractivity contribution in [1.29, 1.82) is 0 Å². The highest BCUT2D eigenvalue weighted by Crippen LogP contribution is 2.43. The summed E-state index contributed by atoms with van der Waals surface area (Å²) in [4.78, 5) is 9.07. The highest BCUT2D eigenvalue weighted by Gasteiger charge is 2.38. The minimum absolute atomic E-state index is 0.0306. The number of alkyl halides is 3. The van der Waals surface area contributed by atoms with Crippen LogP contribution >= 0.6 is 0 Å². The summed E-state index contributed by atoms with van der Waals surface area (Å²) in [5.74, 6) is -1.16. The van der Waals surface area contributed by atoms with E-state index in [2.05, 4.69) is 9.97 Å². The molecule has 0 radical (unpaired) electrons. The van der Waals surface area contributed by atoms with E-state index < -0.39 is 23.3 Å². The van der Waals surface area contributed by atoms with Crippen LogP contribution in [0, 0.1) is 11.4 Å². The van der Waals surface area contributed by atoms with Gasteiger partial charge < -0.3 is 21.1 Å². The molecule has 158 valence electrons. The Morgan fingerprint density at radius 2 is 1.93 bits per heavy atom. The molecule has 6 nitrogen and oxygen atoms in total. The number of pyridine rings is 2. The Morgan fingerprint density at radius 1 is 1.24 bits per heavy atom. The van der Waals surface area contributed by atoms with Gasteiger partial charge in [0, 0.05) is 32.3 Å². The van der Waals surface area contributed by atoms with Crippen molar-refractivity contribution in [3.05, 3.63) is 29.8 Å². The first-order valence-electron chi connectivity index (χ1n) is 9.05. The topological polar surface area (TPSA) is 90.3 Å². The zero-order chi connectivity index (χ0) is 21.4. The Morgan fingerprint density at radius 3 is 2.48 bits per heavy atom. The summed E-state index contributed by atoms with van der Waals surface area (Å²) in [5.41, 5.74) is 11.0. The maximum Gasteiger partial charge on any atom is 0.417 e. The van der Waals surface area contributed by atoms with Crippen LogP contribution in [0.15, 0.2) is 18.3 Å². The number of halogens is 4. The number of aromatic nitrogens is 2. The Labute approximate surface area is 165 Å². The number of nitrogens with zero attached hydrogens (tertiary/aromatic N) is 3. The fourth-order valence-corrected chi connectivity index (χ4v) is 3.72. The number of rotatable bonds is 6. The Kier molecular flexibility index (Phi) is 5.57. The third-order valence-electron chi connectivity index (χ3n) is 5.36. The van der Waals surface area contributed by atoms with Crippen LogP contribution in [0.5, 0.6) is 0 Å². The molecule has 2 aromatic rings. The molecule has 1 aliphatic carbocycles. The normalized spacial score (nSPS) is 15.8. The van der Waals surface area contributed by atoms with E-state index >= 15 is 0 Å². The molecule has 0 saturated heterocycles. The maximum absolute atomic E-state index is 14.2. The summed E-state index contributed by atoms with van der Waals surface area (Å²) in [6.45, 7) is 1.19. The highest BCUT2D eigenvalue weighted by molar-refractivity contribution is 5.82. The molecule has 0 bridgehead atoms. The number of nitrogen functional groups attached to an aromatic ring is 2. The van der Waals surface area contributed by atoms with Crippen LogP contribution < -0.4 is 16.4 Å². The molecule has 0 atom stereocenters. The summed E-state index contributed by atoms with van der Waals surface area (Å²) >= 11 is 0. The quantitative estimate of drug-likeness (QED) is 0.554. The Bertz CT molecular complexity index is 899. The predicted molar refractivity (Wildman–Crippen MR) is 103 cm³/mol. The van der Waals surface area contributed by atoms with Gasteiger partial charge in [-0.15, -0.1) is 0 Å². The lowest BCUT2D eigenvalue weighted by atomic mass is 9.69. The van der Waals surface area contributed by atoms with Crippen LogP contribution in [-0.4, -0.2) is 37.3 Å². The van der Waals surface area contributed by atoms with Crippen molar-refractivity contribution >= 4 is 17.2 Å². The van der Waals surface area contributed by atoms with Gasteiger partial charge in [-0.1, -0.05) is 6.42 Å². The summed E-state index contributed by atoms with van der Waals surface area (Å²) in [7, 11) is 3.44. The first kappa shape index (κ1) is 21.1. The molecule has 0 spiro atoms. The highest BCUT2D eigenvalue weighted by atomic mass is 19.4. The molecular formula is C19H23F4N5O. The number of anilines is 3. The van der Waals surface area contributed by atoms with Gasteiger partial charge in [0.25, 0.3) is 0 Å². The van der Waals surface area contributed by atoms with Crippen LogP contribution in [0.1, 0.15) is 24.8 Å². The van der Waals surface area contributed by atoms with Crippen LogP contribution in [0.25, 0.3) is 11.3 Å². The molecule has 4 N–H and O–H groups in total. The first-order chi connectivity index (χ1) is 13.6. The lowest BCUT2D eigenvalue weighted by Crippen LogP contribution is -2.44. The lowest BCUT2D eigenvalue weighted by molar-refractivity contribution is -0.137. The fraction of sp³-hybridized carbons (Fsp3) is 0.474. The number of nitrogens with two attached hydrogens (primary N) is 2. The average Bonchev–Trinajstić information content (AvgIpc) is 2.61. The third kappa shape index (κ3) is 4.21. The number of hydrogen-bond donors (Lipinski definition) is 2. The van der Waals surface area contributed by atoms with Crippen molar-refractivity contribution in [2.24, 2.45) is 5.41 Å². The molecule has 0 amide bonds. The van der Waals surface area contributed by atoms with Gasteiger partial charge in [0.1, 0.15) is 5.82 Å². The molecule has 29 heavy (non-hydrogen) atoms. The first-order valence-corrected chi connectivity index (χ1v) is 9.05. The van der Waals surface area contributed by atoms with E-state index in [1.807, 2.05) is 4.90 Å². The average molecular weight is 413 g/mol. The molecule has 3 rings (SSSR count). The smallest absolute Gasteiger partial charge is 0.394 e. The van der Waals surface area contributed by atoms with Crippen molar-refractivity contribution in [3.8, 4) is 11.3 Å². The summed E-state index contributed by atoms with van der Waals surface area (Å²) in [5, 5.41) is 0. The van der Waals surface area contributed by atoms with Crippen molar-refractivity contribution in [1.82, 2.24) is 9.97 Å². The third-order valence-corrected chi connectivity index (χ3v) is 5.36.